The van der Waals surface area contributed by atoms with Crippen molar-refractivity contribution in [1.82, 2.24) is 20.4 Å². The number of halogens is 1. The van der Waals surface area contributed by atoms with Gasteiger partial charge in [-0.05, 0) is 52.1 Å². The Balaban J connectivity index is 0.00000220. The van der Waals surface area contributed by atoms with Crippen molar-refractivity contribution in [2.45, 2.75) is 58.5 Å². The van der Waals surface area contributed by atoms with E-state index in [1.165, 1.54) is 17.7 Å². The molecule has 1 aliphatic rings. The van der Waals surface area contributed by atoms with Crippen molar-refractivity contribution in [2.24, 2.45) is 7.05 Å². The van der Waals surface area contributed by atoms with Gasteiger partial charge in [0, 0.05) is 18.8 Å². The van der Waals surface area contributed by atoms with E-state index in [4.69, 9.17) is 0 Å². The van der Waals surface area contributed by atoms with Gasteiger partial charge in [-0.25, -0.2) is 0 Å². The Hall–Kier alpha value is -1.07. The van der Waals surface area contributed by atoms with Gasteiger partial charge in [-0.2, -0.15) is 5.10 Å². The quantitative estimate of drug-likeness (QED) is 0.888. The summed E-state index contributed by atoms with van der Waals surface area (Å²) in [6.45, 7) is 7.12. The highest BCUT2D eigenvalue weighted by atomic mass is 35.5. The lowest BCUT2D eigenvalue weighted by molar-refractivity contribution is -0.124. The molecule has 1 aliphatic heterocycles. The average molecular weight is 315 g/mol. The minimum atomic E-state index is -0.0118. The lowest BCUT2D eigenvalue weighted by Gasteiger charge is -2.24. The Morgan fingerprint density at radius 2 is 2.19 bits per heavy atom. The van der Waals surface area contributed by atoms with Gasteiger partial charge in [0.05, 0.1) is 11.7 Å². The van der Waals surface area contributed by atoms with Crippen LogP contribution < -0.4 is 10.6 Å². The second-order valence-corrected chi connectivity index (χ2v) is 5.89. The van der Waals surface area contributed by atoms with Crippen molar-refractivity contribution in [3.8, 4) is 0 Å². The lowest BCUT2D eigenvalue weighted by Crippen LogP contribution is -2.49. The van der Waals surface area contributed by atoms with Crippen LogP contribution in [0.3, 0.4) is 0 Å². The molecule has 0 radical (unpaired) electrons. The molecule has 1 amide bonds. The first kappa shape index (κ1) is 18.0. The number of rotatable bonds is 4. The van der Waals surface area contributed by atoms with E-state index < -0.39 is 0 Å². The van der Waals surface area contributed by atoms with Gasteiger partial charge in [0.2, 0.25) is 5.91 Å². The zero-order chi connectivity index (χ0) is 14.7. The Labute approximate surface area is 133 Å². The lowest BCUT2D eigenvalue weighted by atomic mass is 10.0. The molecule has 1 aromatic heterocycles. The topological polar surface area (TPSA) is 59.0 Å². The Morgan fingerprint density at radius 3 is 2.71 bits per heavy atom. The molecule has 0 saturated carbocycles. The van der Waals surface area contributed by atoms with Crippen LogP contribution in [-0.4, -0.2) is 34.3 Å². The van der Waals surface area contributed by atoms with Crippen LogP contribution in [0.1, 0.15) is 43.1 Å². The molecule has 1 saturated heterocycles. The second kappa shape index (κ2) is 7.80. The zero-order valence-corrected chi connectivity index (χ0v) is 14.2. The van der Waals surface area contributed by atoms with Crippen molar-refractivity contribution in [3.05, 3.63) is 17.0 Å². The minimum Gasteiger partial charge on any atom is -0.352 e. The van der Waals surface area contributed by atoms with Crippen LogP contribution in [0.15, 0.2) is 0 Å². The summed E-state index contributed by atoms with van der Waals surface area (Å²) in [5.41, 5.74) is 3.48. The van der Waals surface area contributed by atoms with E-state index in [1.807, 2.05) is 18.7 Å². The molecule has 1 fully saturated rings. The smallest absolute Gasteiger partial charge is 0.237 e. The maximum atomic E-state index is 12.2. The summed E-state index contributed by atoms with van der Waals surface area (Å²) in [6, 6.07) is 0.120. The zero-order valence-electron chi connectivity index (χ0n) is 13.4. The van der Waals surface area contributed by atoms with Crippen molar-refractivity contribution < 1.29 is 4.79 Å². The van der Waals surface area contributed by atoms with Gasteiger partial charge in [-0.1, -0.05) is 6.42 Å². The predicted molar refractivity (Wildman–Crippen MR) is 86.9 cm³/mol. The van der Waals surface area contributed by atoms with Crippen LogP contribution in [0, 0.1) is 13.8 Å². The summed E-state index contributed by atoms with van der Waals surface area (Å²) in [5.74, 6) is 0.136. The number of amides is 1. The van der Waals surface area contributed by atoms with E-state index in [9.17, 15) is 4.79 Å². The predicted octanol–water partition coefficient (Wildman–Crippen LogP) is 1.65. The van der Waals surface area contributed by atoms with E-state index in [2.05, 4.69) is 29.6 Å². The largest absolute Gasteiger partial charge is 0.352 e. The molecule has 2 unspecified atom stereocenters. The Kier molecular flexibility index (Phi) is 6.68. The van der Waals surface area contributed by atoms with Crippen molar-refractivity contribution in [3.63, 3.8) is 0 Å². The number of nitrogens with zero attached hydrogens (tertiary/aromatic N) is 2. The van der Waals surface area contributed by atoms with Crippen LogP contribution in [0.25, 0.3) is 0 Å². The van der Waals surface area contributed by atoms with Gasteiger partial charge in [-0.15, -0.1) is 12.4 Å². The van der Waals surface area contributed by atoms with Crippen LogP contribution in [0.4, 0.5) is 0 Å². The summed E-state index contributed by atoms with van der Waals surface area (Å²) >= 11 is 0. The summed E-state index contributed by atoms with van der Waals surface area (Å²) in [4.78, 5) is 12.2. The van der Waals surface area contributed by atoms with E-state index >= 15 is 0 Å². The van der Waals surface area contributed by atoms with E-state index in [0.717, 1.165) is 31.5 Å². The molecule has 5 nitrogen and oxygen atoms in total. The normalized spacial score (nSPS) is 19.7. The Bertz CT molecular complexity index is 480. The number of piperidine rings is 1. The van der Waals surface area contributed by atoms with Crippen molar-refractivity contribution in [2.75, 3.05) is 6.54 Å². The van der Waals surface area contributed by atoms with Crippen LogP contribution >= 0.6 is 12.4 Å². The number of hydrogen-bond donors (Lipinski definition) is 2. The van der Waals surface area contributed by atoms with Gasteiger partial charge in [0.25, 0.3) is 0 Å². The first-order chi connectivity index (χ1) is 9.49. The standard InChI is InChI=1S/C15H26N4O.ClH/c1-10(9-13-11(2)18-19(4)12(13)3)17-15(20)14-7-5-6-8-16-14;/h10,14,16H,5-9H2,1-4H3,(H,17,20);1H. The van der Waals surface area contributed by atoms with Gasteiger partial charge in [-0.3, -0.25) is 9.48 Å². The molecular weight excluding hydrogens is 288 g/mol. The molecular formula is C15H27ClN4O. The number of carbonyl (C=O) groups excluding carboxylic acids is 1. The maximum absolute atomic E-state index is 12.2. The van der Waals surface area contributed by atoms with Crippen LogP contribution in [0.2, 0.25) is 0 Å². The molecule has 2 N–H and O–H groups in total. The molecule has 0 spiro atoms. The molecule has 21 heavy (non-hydrogen) atoms. The fourth-order valence-electron chi connectivity index (χ4n) is 2.89. The first-order valence-corrected chi connectivity index (χ1v) is 7.52. The van der Waals surface area contributed by atoms with E-state index in [1.54, 1.807) is 0 Å². The highest BCUT2D eigenvalue weighted by Gasteiger charge is 2.22. The first-order valence-electron chi connectivity index (χ1n) is 7.52. The highest BCUT2D eigenvalue weighted by Crippen LogP contribution is 2.14. The molecule has 6 heteroatoms. The molecule has 0 aromatic carbocycles. The van der Waals surface area contributed by atoms with Crippen LogP contribution in [0.5, 0.6) is 0 Å². The molecule has 0 aliphatic carbocycles. The van der Waals surface area contributed by atoms with E-state index in [0.29, 0.717) is 0 Å². The maximum Gasteiger partial charge on any atom is 0.237 e. The van der Waals surface area contributed by atoms with Crippen molar-refractivity contribution in [1.29, 1.82) is 0 Å². The van der Waals surface area contributed by atoms with Gasteiger partial charge in [0.1, 0.15) is 0 Å². The molecule has 2 atom stereocenters. The Morgan fingerprint density at radius 1 is 1.48 bits per heavy atom. The number of nitrogens with one attached hydrogen (secondary N) is 2. The van der Waals surface area contributed by atoms with Gasteiger partial charge in [0.15, 0.2) is 0 Å². The summed E-state index contributed by atoms with van der Waals surface area (Å²) < 4.78 is 1.90. The molecule has 2 rings (SSSR count). The molecule has 2 heterocycles. The summed E-state index contributed by atoms with van der Waals surface area (Å²) in [5, 5.41) is 10.8. The van der Waals surface area contributed by atoms with Gasteiger partial charge < -0.3 is 10.6 Å². The van der Waals surface area contributed by atoms with Crippen molar-refractivity contribution >= 4 is 18.3 Å². The monoisotopic (exact) mass is 314 g/mol. The number of carbonyl (C=O) groups is 1. The molecule has 0 bridgehead atoms. The third-order valence-electron chi connectivity index (χ3n) is 4.18. The van der Waals surface area contributed by atoms with Gasteiger partial charge >= 0.3 is 0 Å². The molecule has 1 aromatic rings. The number of aromatic nitrogens is 2. The van der Waals surface area contributed by atoms with E-state index in [-0.39, 0.29) is 30.4 Å². The number of hydrogen-bond acceptors (Lipinski definition) is 3. The second-order valence-electron chi connectivity index (χ2n) is 5.89. The third kappa shape index (κ3) is 4.45. The molecule has 120 valence electrons. The average Bonchev–Trinajstić information content (AvgIpc) is 2.66. The summed E-state index contributed by atoms with van der Waals surface area (Å²) in [7, 11) is 1.96. The fourth-order valence-corrected chi connectivity index (χ4v) is 2.89. The van der Waals surface area contributed by atoms with Crippen LogP contribution in [-0.2, 0) is 18.3 Å². The third-order valence-corrected chi connectivity index (χ3v) is 4.18. The minimum absolute atomic E-state index is 0. The SMILES string of the molecule is Cc1nn(C)c(C)c1CC(C)NC(=O)C1CCCCN1.Cl. The summed E-state index contributed by atoms with van der Waals surface area (Å²) in [6.07, 6.45) is 4.10. The fraction of sp³-hybridized carbons (Fsp3) is 0.733. The highest BCUT2D eigenvalue weighted by molar-refractivity contribution is 5.85. The number of aryl methyl sites for hydroxylation is 2.